The van der Waals surface area contributed by atoms with Crippen molar-refractivity contribution in [3.8, 4) is 0 Å². The van der Waals surface area contributed by atoms with Crippen LogP contribution < -0.4 is 5.56 Å². The summed E-state index contributed by atoms with van der Waals surface area (Å²) in [4.78, 5) is 16.2. The maximum absolute atomic E-state index is 13.3. The van der Waals surface area contributed by atoms with Crippen LogP contribution in [0.25, 0.3) is 0 Å². The molecule has 0 radical (unpaired) electrons. The second kappa shape index (κ2) is 10.3. The van der Waals surface area contributed by atoms with Crippen LogP contribution in [0.2, 0.25) is 0 Å². The van der Waals surface area contributed by atoms with Gasteiger partial charge in [0.1, 0.15) is 5.56 Å². The molecule has 1 aromatic heterocycles. The number of aromatic nitrogens is 2. The third kappa shape index (κ3) is 5.62. The van der Waals surface area contributed by atoms with Gasteiger partial charge in [0.15, 0.2) is 0 Å². The SMILES string of the molecule is C=C(CCN(CC)C1CCc2c1n[nH]c(=O)c2C(F)(F)F)N(CC)CCCCC. The Morgan fingerprint density at radius 2 is 1.93 bits per heavy atom. The number of halogens is 3. The summed E-state index contributed by atoms with van der Waals surface area (Å²) in [6.07, 6.45) is 0.349. The molecule has 0 saturated carbocycles. The van der Waals surface area contributed by atoms with Gasteiger partial charge >= 0.3 is 6.18 Å². The first kappa shape index (κ1) is 23.4. The molecule has 1 N–H and O–H groups in total. The van der Waals surface area contributed by atoms with Gasteiger partial charge in [-0.05, 0) is 44.7 Å². The van der Waals surface area contributed by atoms with Crippen LogP contribution in [0.15, 0.2) is 17.1 Å². The molecule has 0 aliphatic heterocycles. The average molecular weight is 415 g/mol. The van der Waals surface area contributed by atoms with Crippen molar-refractivity contribution in [3.63, 3.8) is 0 Å². The van der Waals surface area contributed by atoms with Crippen LogP contribution in [0.5, 0.6) is 0 Å². The van der Waals surface area contributed by atoms with Crippen LogP contribution in [0.1, 0.15) is 75.7 Å². The van der Waals surface area contributed by atoms with Crippen LogP contribution in [-0.2, 0) is 12.6 Å². The molecule has 5 nitrogen and oxygen atoms in total. The summed E-state index contributed by atoms with van der Waals surface area (Å²) in [6.45, 7) is 13.8. The van der Waals surface area contributed by atoms with Gasteiger partial charge in [-0.15, -0.1) is 0 Å². The molecule has 0 aromatic carbocycles. The second-order valence-corrected chi connectivity index (χ2v) is 7.58. The first-order valence-electron chi connectivity index (χ1n) is 10.6. The van der Waals surface area contributed by atoms with Gasteiger partial charge < -0.3 is 4.90 Å². The largest absolute Gasteiger partial charge is 0.422 e. The van der Waals surface area contributed by atoms with E-state index in [-0.39, 0.29) is 18.0 Å². The smallest absolute Gasteiger partial charge is 0.376 e. The maximum Gasteiger partial charge on any atom is 0.422 e. The summed E-state index contributed by atoms with van der Waals surface area (Å²) >= 11 is 0. The molecule has 1 unspecified atom stereocenters. The predicted molar refractivity (Wildman–Crippen MR) is 109 cm³/mol. The van der Waals surface area contributed by atoms with Crippen molar-refractivity contribution in [2.24, 2.45) is 0 Å². The third-order valence-corrected chi connectivity index (χ3v) is 5.78. The molecule has 2 rings (SSSR count). The van der Waals surface area contributed by atoms with E-state index in [9.17, 15) is 18.0 Å². The van der Waals surface area contributed by atoms with Gasteiger partial charge in [0, 0.05) is 25.3 Å². The highest BCUT2D eigenvalue weighted by Crippen LogP contribution is 2.39. The van der Waals surface area contributed by atoms with E-state index in [0.717, 1.165) is 31.6 Å². The zero-order chi connectivity index (χ0) is 21.6. The zero-order valence-electron chi connectivity index (χ0n) is 17.7. The molecule has 0 saturated heterocycles. The quantitative estimate of drug-likeness (QED) is 0.541. The lowest BCUT2D eigenvalue weighted by Crippen LogP contribution is -2.32. The van der Waals surface area contributed by atoms with E-state index in [1.54, 1.807) is 0 Å². The van der Waals surface area contributed by atoms with Crippen LogP contribution >= 0.6 is 0 Å². The molecule has 1 aliphatic carbocycles. The fourth-order valence-electron chi connectivity index (χ4n) is 4.16. The first-order chi connectivity index (χ1) is 13.7. The highest BCUT2D eigenvalue weighted by molar-refractivity contribution is 5.36. The van der Waals surface area contributed by atoms with Crippen LogP contribution in [0.4, 0.5) is 13.2 Å². The Bertz CT molecular complexity index is 744. The molecular formula is C21H33F3N4O. The highest BCUT2D eigenvalue weighted by Gasteiger charge is 2.42. The average Bonchev–Trinajstić information content (AvgIpc) is 3.08. The van der Waals surface area contributed by atoms with Crippen molar-refractivity contribution in [1.29, 1.82) is 0 Å². The molecule has 1 heterocycles. The second-order valence-electron chi connectivity index (χ2n) is 7.58. The molecule has 1 atom stereocenters. The fourth-order valence-corrected chi connectivity index (χ4v) is 4.16. The Balaban J connectivity index is 2.10. The van der Waals surface area contributed by atoms with Gasteiger partial charge in [0.25, 0.3) is 5.56 Å². The Labute approximate surface area is 171 Å². The molecule has 164 valence electrons. The van der Waals surface area contributed by atoms with Crippen LogP contribution in [-0.4, -0.2) is 46.2 Å². The lowest BCUT2D eigenvalue weighted by atomic mass is 10.1. The molecule has 0 bridgehead atoms. The molecule has 1 aromatic rings. The number of nitrogens with zero attached hydrogens (tertiary/aromatic N) is 3. The number of fused-ring (bicyclic) bond motifs is 1. The number of unbranched alkanes of at least 4 members (excludes halogenated alkanes) is 2. The minimum absolute atomic E-state index is 0.0540. The van der Waals surface area contributed by atoms with Crippen molar-refractivity contribution < 1.29 is 13.2 Å². The third-order valence-electron chi connectivity index (χ3n) is 5.78. The molecule has 0 amide bonds. The van der Waals surface area contributed by atoms with Crippen molar-refractivity contribution in [3.05, 3.63) is 39.5 Å². The lowest BCUT2D eigenvalue weighted by molar-refractivity contribution is -0.139. The number of nitrogens with one attached hydrogen (secondary N) is 1. The van der Waals surface area contributed by atoms with Crippen molar-refractivity contribution in [1.82, 2.24) is 20.0 Å². The Morgan fingerprint density at radius 3 is 2.52 bits per heavy atom. The van der Waals surface area contributed by atoms with E-state index in [0.29, 0.717) is 25.2 Å². The minimum Gasteiger partial charge on any atom is -0.376 e. The molecule has 1 aliphatic rings. The van der Waals surface area contributed by atoms with Crippen LogP contribution in [0.3, 0.4) is 0 Å². The number of hydrogen-bond donors (Lipinski definition) is 1. The number of H-pyrrole nitrogens is 1. The lowest BCUT2D eigenvalue weighted by Gasteiger charge is -2.30. The van der Waals surface area contributed by atoms with Gasteiger partial charge in [-0.2, -0.15) is 18.3 Å². The summed E-state index contributed by atoms with van der Waals surface area (Å²) in [7, 11) is 0. The van der Waals surface area contributed by atoms with Gasteiger partial charge in [0.05, 0.1) is 11.7 Å². The Morgan fingerprint density at radius 1 is 1.21 bits per heavy atom. The van der Waals surface area contributed by atoms with Gasteiger partial charge in [0.2, 0.25) is 0 Å². The van der Waals surface area contributed by atoms with Crippen molar-refractivity contribution >= 4 is 0 Å². The number of hydrogen-bond acceptors (Lipinski definition) is 4. The minimum atomic E-state index is -4.67. The van der Waals surface area contributed by atoms with Crippen LogP contribution in [0, 0.1) is 0 Å². The standard InChI is InChI=1S/C21H33F3N4O/c1-5-8-9-13-27(6-2)15(4)12-14-28(7-3)17-11-10-16-18(21(22,23)24)20(29)26-25-19(16)17/h17H,4-14H2,1-3H3,(H,26,29). The first-order valence-corrected chi connectivity index (χ1v) is 10.6. The molecule has 29 heavy (non-hydrogen) atoms. The van der Waals surface area contributed by atoms with Crippen molar-refractivity contribution in [2.75, 3.05) is 26.2 Å². The molecule has 8 heteroatoms. The summed E-state index contributed by atoms with van der Waals surface area (Å²) in [5, 5.41) is 6.06. The van der Waals surface area contributed by atoms with E-state index in [1.165, 1.54) is 12.8 Å². The number of alkyl halides is 3. The van der Waals surface area contributed by atoms with Gasteiger partial charge in [-0.1, -0.05) is 33.3 Å². The Kier molecular flexibility index (Phi) is 8.31. The molecule has 0 fully saturated rings. The van der Waals surface area contributed by atoms with E-state index >= 15 is 0 Å². The summed E-state index contributed by atoms with van der Waals surface area (Å²) in [6, 6.07) is -0.212. The zero-order valence-corrected chi connectivity index (χ0v) is 17.7. The van der Waals surface area contributed by atoms with E-state index < -0.39 is 17.3 Å². The Hall–Kier alpha value is -1.83. The summed E-state index contributed by atoms with van der Waals surface area (Å²) in [5.74, 6) is 0. The molecule has 0 spiro atoms. The monoisotopic (exact) mass is 414 g/mol. The van der Waals surface area contributed by atoms with Gasteiger partial charge in [-0.3, -0.25) is 9.69 Å². The fraction of sp³-hybridized carbons (Fsp3) is 0.714. The summed E-state index contributed by atoms with van der Waals surface area (Å²) in [5.41, 5.74) is -0.763. The van der Waals surface area contributed by atoms with Gasteiger partial charge in [-0.25, -0.2) is 5.10 Å². The predicted octanol–water partition coefficient (Wildman–Crippen LogP) is 4.51. The number of aromatic amines is 1. The number of rotatable bonds is 11. The topological polar surface area (TPSA) is 52.2 Å². The van der Waals surface area contributed by atoms with E-state index in [2.05, 4.69) is 40.4 Å². The highest BCUT2D eigenvalue weighted by atomic mass is 19.4. The van der Waals surface area contributed by atoms with Crippen molar-refractivity contribution in [2.45, 2.75) is 71.5 Å². The van der Waals surface area contributed by atoms with E-state index in [1.807, 2.05) is 6.92 Å². The normalized spacial score (nSPS) is 16.3. The van der Waals surface area contributed by atoms with E-state index in [4.69, 9.17) is 0 Å². The summed E-state index contributed by atoms with van der Waals surface area (Å²) < 4.78 is 40.0. The molecular weight excluding hydrogens is 381 g/mol. The maximum atomic E-state index is 13.3.